The predicted octanol–water partition coefficient (Wildman–Crippen LogP) is 4.73. The van der Waals surface area contributed by atoms with Gasteiger partial charge in [-0.25, -0.2) is 9.97 Å². The fourth-order valence-corrected chi connectivity index (χ4v) is 2.59. The van der Waals surface area contributed by atoms with E-state index in [1.165, 1.54) is 0 Å². The molecule has 0 radical (unpaired) electrons. The maximum absolute atomic E-state index is 4.34. The number of aromatic nitrogens is 4. The molecule has 0 bridgehead atoms. The fourth-order valence-electron chi connectivity index (χ4n) is 2.59. The van der Waals surface area contributed by atoms with Gasteiger partial charge in [0.25, 0.3) is 0 Å². The van der Waals surface area contributed by atoms with Crippen molar-refractivity contribution in [3.8, 4) is 11.3 Å². The third-order valence-corrected chi connectivity index (χ3v) is 3.96. The number of benzene rings is 2. The molecule has 2 heterocycles. The second kappa shape index (κ2) is 7.61. The molecule has 2 aromatic heterocycles. The van der Waals surface area contributed by atoms with Crippen LogP contribution in [0.2, 0.25) is 0 Å². The molecule has 0 saturated heterocycles. The van der Waals surface area contributed by atoms with E-state index in [1.807, 2.05) is 79.7 Å². The van der Waals surface area contributed by atoms with Gasteiger partial charge in [0.2, 0.25) is 0 Å². The molecule has 27 heavy (non-hydrogen) atoms. The lowest BCUT2D eigenvalue weighted by atomic mass is 10.1. The molecule has 6 nitrogen and oxygen atoms in total. The number of hydrogen-bond donors (Lipinski definition) is 2. The van der Waals surface area contributed by atoms with Gasteiger partial charge in [0.1, 0.15) is 12.1 Å². The van der Waals surface area contributed by atoms with Crippen molar-refractivity contribution in [2.75, 3.05) is 10.6 Å². The van der Waals surface area contributed by atoms with E-state index in [0.29, 0.717) is 5.82 Å². The van der Waals surface area contributed by atoms with Crippen LogP contribution in [0, 0.1) is 6.92 Å². The van der Waals surface area contributed by atoms with Gasteiger partial charge < -0.3 is 10.6 Å². The summed E-state index contributed by atoms with van der Waals surface area (Å²) >= 11 is 0. The van der Waals surface area contributed by atoms with Crippen LogP contribution in [0.4, 0.5) is 23.0 Å². The maximum Gasteiger partial charge on any atom is 0.153 e. The Bertz CT molecular complexity index is 1010. The fraction of sp³-hybridized carbons (Fsp3) is 0.0476. The maximum atomic E-state index is 4.34. The van der Waals surface area contributed by atoms with Crippen LogP contribution < -0.4 is 10.6 Å². The molecular formula is C21H18N6. The molecule has 0 spiro atoms. The molecule has 2 aromatic carbocycles. The van der Waals surface area contributed by atoms with Crippen LogP contribution in [-0.2, 0) is 0 Å². The van der Waals surface area contributed by atoms with Crippen molar-refractivity contribution in [1.82, 2.24) is 20.2 Å². The van der Waals surface area contributed by atoms with E-state index in [-0.39, 0.29) is 0 Å². The quantitative estimate of drug-likeness (QED) is 0.540. The van der Waals surface area contributed by atoms with Crippen molar-refractivity contribution in [3.63, 3.8) is 0 Å². The molecule has 0 fully saturated rings. The summed E-state index contributed by atoms with van der Waals surface area (Å²) in [4.78, 5) is 8.65. The molecule has 0 aliphatic heterocycles. The van der Waals surface area contributed by atoms with Gasteiger partial charge in [-0.15, -0.1) is 5.10 Å². The van der Waals surface area contributed by atoms with E-state index in [0.717, 1.165) is 34.1 Å². The molecule has 2 N–H and O–H groups in total. The molecule has 0 amide bonds. The topological polar surface area (TPSA) is 75.6 Å². The van der Waals surface area contributed by atoms with Crippen LogP contribution in [0.5, 0.6) is 0 Å². The van der Waals surface area contributed by atoms with Gasteiger partial charge in [0.15, 0.2) is 5.82 Å². The Balaban J connectivity index is 1.46. The van der Waals surface area contributed by atoms with Crippen molar-refractivity contribution < 1.29 is 0 Å². The van der Waals surface area contributed by atoms with Crippen molar-refractivity contribution in [2.24, 2.45) is 0 Å². The smallest absolute Gasteiger partial charge is 0.153 e. The first-order chi connectivity index (χ1) is 13.3. The summed E-state index contributed by atoms with van der Waals surface area (Å²) in [7, 11) is 0. The molecule has 0 atom stereocenters. The lowest BCUT2D eigenvalue weighted by Crippen LogP contribution is -1.97. The highest BCUT2D eigenvalue weighted by molar-refractivity contribution is 5.67. The standard InChI is InChI=1S/C21H18N6/c1-15-7-12-20(27-26-15)24-17-8-10-18(11-9-17)25-21-13-19(22-14-23-21)16-5-3-2-4-6-16/h2-14H,1H3,(H,24,27)(H,22,23,25). The third-order valence-electron chi connectivity index (χ3n) is 3.96. The van der Waals surface area contributed by atoms with Crippen molar-refractivity contribution in [1.29, 1.82) is 0 Å². The number of hydrogen-bond acceptors (Lipinski definition) is 6. The molecule has 6 heteroatoms. The SMILES string of the molecule is Cc1ccc(Nc2ccc(Nc3cc(-c4ccccc4)ncn3)cc2)nn1. The summed E-state index contributed by atoms with van der Waals surface area (Å²) in [5.41, 5.74) is 4.70. The van der Waals surface area contributed by atoms with Crippen LogP contribution in [0.15, 0.2) is 79.1 Å². The minimum Gasteiger partial charge on any atom is -0.340 e. The minimum absolute atomic E-state index is 0.713. The summed E-state index contributed by atoms with van der Waals surface area (Å²) in [6.07, 6.45) is 1.57. The zero-order valence-corrected chi connectivity index (χ0v) is 14.8. The zero-order valence-electron chi connectivity index (χ0n) is 14.8. The number of aryl methyl sites for hydroxylation is 1. The predicted molar refractivity (Wildman–Crippen MR) is 107 cm³/mol. The summed E-state index contributed by atoms with van der Waals surface area (Å²) in [6.45, 7) is 1.91. The van der Waals surface area contributed by atoms with Crippen LogP contribution in [0.25, 0.3) is 11.3 Å². The Morgan fingerprint density at radius 2 is 1.37 bits per heavy atom. The van der Waals surface area contributed by atoms with Crippen molar-refractivity contribution in [2.45, 2.75) is 6.92 Å². The van der Waals surface area contributed by atoms with Crippen molar-refractivity contribution >= 4 is 23.0 Å². The first-order valence-corrected chi connectivity index (χ1v) is 8.58. The summed E-state index contributed by atoms with van der Waals surface area (Å²) in [5, 5.41) is 14.7. The Kier molecular flexibility index (Phi) is 4.70. The van der Waals surface area contributed by atoms with Crippen LogP contribution in [0.1, 0.15) is 5.69 Å². The Labute approximate surface area is 157 Å². The van der Waals surface area contributed by atoms with E-state index in [9.17, 15) is 0 Å². The van der Waals surface area contributed by atoms with Gasteiger partial charge in [0, 0.05) is 23.0 Å². The number of anilines is 4. The molecule has 0 saturated carbocycles. The molecule has 0 aliphatic carbocycles. The normalized spacial score (nSPS) is 10.4. The minimum atomic E-state index is 0.713. The Morgan fingerprint density at radius 1 is 0.667 bits per heavy atom. The van der Waals surface area contributed by atoms with Crippen LogP contribution in [-0.4, -0.2) is 20.2 Å². The first-order valence-electron chi connectivity index (χ1n) is 8.58. The van der Waals surface area contributed by atoms with E-state index in [1.54, 1.807) is 6.33 Å². The Hall–Kier alpha value is -3.80. The molecule has 0 unspecified atom stereocenters. The third kappa shape index (κ3) is 4.24. The average molecular weight is 354 g/mol. The van der Waals surface area contributed by atoms with E-state index in [4.69, 9.17) is 0 Å². The highest BCUT2D eigenvalue weighted by atomic mass is 15.2. The number of nitrogens with one attached hydrogen (secondary N) is 2. The van der Waals surface area contributed by atoms with Crippen LogP contribution >= 0.6 is 0 Å². The van der Waals surface area contributed by atoms with Gasteiger partial charge in [-0.1, -0.05) is 30.3 Å². The summed E-state index contributed by atoms with van der Waals surface area (Å²) in [5.74, 6) is 1.46. The highest BCUT2D eigenvalue weighted by Gasteiger charge is 2.03. The second-order valence-electron chi connectivity index (χ2n) is 6.04. The zero-order chi connectivity index (χ0) is 18.5. The summed E-state index contributed by atoms with van der Waals surface area (Å²) < 4.78 is 0. The van der Waals surface area contributed by atoms with Gasteiger partial charge in [-0.05, 0) is 43.3 Å². The van der Waals surface area contributed by atoms with E-state index >= 15 is 0 Å². The Morgan fingerprint density at radius 3 is 2.04 bits per heavy atom. The lowest BCUT2D eigenvalue weighted by Gasteiger charge is -2.09. The largest absolute Gasteiger partial charge is 0.340 e. The first kappa shape index (κ1) is 16.7. The number of rotatable bonds is 5. The molecular weight excluding hydrogens is 336 g/mol. The van der Waals surface area contributed by atoms with Gasteiger partial charge in [0.05, 0.1) is 11.4 Å². The van der Waals surface area contributed by atoms with Crippen LogP contribution in [0.3, 0.4) is 0 Å². The average Bonchev–Trinajstić information content (AvgIpc) is 2.72. The van der Waals surface area contributed by atoms with Gasteiger partial charge in [-0.2, -0.15) is 5.10 Å². The molecule has 4 aromatic rings. The molecule has 132 valence electrons. The van der Waals surface area contributed by atoms with Gasteiger partial charge in [-0.3, -0.25) is 0 Å². The van der Waals surface area contributed by atoms with E-state index < -0.39 is 0 Å². The molecule has 4 rings (SSSR count). The monoisotopic (exact) mass is 354 g/mol. The lowest BCUT2D eigenvalue weighted by molar-refractivity contribution is 0.986. The number of nitrogens with zero attached hydrogens (tertiary/aromatic N) is 4. The van der Waals surface area contributed by atoms with Crippen molar-refractivity contribution in [3.05, 3.63) is 84.8 Å². The van der Waals surface area contributed by atoms with Gasteiger partial charge >= 0.3 is 0 Å². The van der Waals surface area contributed by atoms with E-state index in [2.05, 4.69) is 30.8 Å². The summed E-state index contributed by atoms with van der Waals surface area (Å²) in [6, 6.07) is 23.7. The highest BCUT2D eigenvalue weighted by Crippen LogP contribution is 2.22. The molecule has 0 aliphatic rings. The second-order valence-corrected chi connectivity index (χ2v) is 6.04.